The first-order valence-electron chi connectivity index (χ1n) is 6.42. The maximum atomic E-state index is 12.7. The molecule has 9 heteroatoms. The molecule has 7 nitrogen and oxygen atoms in total. The van der Waals surface area contributed by atoms with Gasteiger partial charge in [0.2, 0.25) is 15.9 Å². The lowest BCUT2D eigenvalue weighted by atomic mass is 10.2. The summed E-state index contributed by atoms with van der Waals surface area (Å²) in [5.41, 5.74) is 0. The number of amides is 1. The number of aromatic carboxylic acids is 1. The molecule has 1 aromatic rings. The molecule has 0 radical (unpaired) electrons. The maximum Gasteiger partial charge on any atom is 0.345 e. The van der Waals surface area contributed by atoms with Gasteiger partial charge in [0.05, 0.1) is 4.90 Å². The number of carbonyl (C=O) groups excluding carboxylic acids is 1. The minimum atomic E-state index is -3.88. The fraction of sp³-hybridized carbons (Fsp3) is 0.500. The van der Waals surface area contributed by atoms with E-state index in [0.29, 0.717) is 11.3 Å². The van der Waals surface area contributed by atoms with Crippen LogP contribution in [0.5, 0.6) is 0 Å². The Morgan fingerprint density at radius 1 is 1.57 bits per heavy atom. The molecule has 1 amide bonds. The van der Waals surface area contributed by atoms with E-state index in [1.54, 1.807) is 13.8 Å². The fourth-order valence-corrected chi connectivity index (χ4v) is 5.39. The molecule has 0 aliphatic carbocycles. The van der Waals surface area contributed by atoms with E-state index in [1.807, 2.05) is 0 Å². The van der Waals surface area contributed by atoms with E-state index in [4.69, 9.17) is 5.11 Å². The number of nitrogens with one attached hydrogen (secondary N) is 1. The maximum absolute atomic E-state index is 12.7. The Kier molecular flexibility index (Phi) is 4.35. The van der Waals surface area contributed by atoms with Crippen LogP contribution in [0.3, 0.4) is 0 Å². The van der Waals surface area contributed by atoms with Gasteiger partial charge < -0.3 is 10.4 Å². The molecule has 0 bridgehead atoms. The summed E-state index contributed by atoms with van der Waals surface area (Å²) in [4.78, 5) is 23.1. The molecule has 1 fully saturated rings. The monoisotopic (exact) mass is 332 g/mol. The lowest BCUT2D eigenvalue weighted by Gasteiger charge is -2.33. The predicted molar refractivity (Wildman–Crippen MR) is 77.0 cm³/mol. The lowest BCUT2D eigenvalue weighted by Crippen LogP contribution is -2.56. The van der Waals surface area contributed by atoms with E-state index in [-0.39, 0.29) is 28.8 Å². The van der Waals surface area contributed by atoms with Gasteiger partial charge in [-0.3, -0.25) is 4.79 Å². The summed E-state index contributed by atoms with van der Waals surface area (Å²) in [7, 11) is -3.88. The number of hydrogen-bond donors (Lipinski definition) is 2. The smallest absolute Gasteiger partial charge is 0.345 e. The van der Waals surface area contributed by atoms with Crippen LogP contribution in [0, 0.1) is 6.92 Å². The minimum absolute atomic E-state index is 0.0272. The third-order valence-corrected chi connectivity index (χ3v) is 6.54. The quantitative estimate of drug-likeness (QED) is 0.843. The van der Waals surface area contributed by atoms with Gasteiger partial charge in [0.25, 0.3) is 0 Å². The first kappa shape index (κ1) is 15.9. The summed E-state index contributed by atoms with van der Waals surface area (Å²) in [6, 6.07) is 0.410. The minimum Gasteiger partial charge on any atom is -0.477 e. The molecule has 1 aliphatic heterocycles. The molecule has 2 heterocycles. The molecule has 116 valence electrons. The molecule has 0 saturated carbocycles. The van der Waals surface area contributed by atoms with Crippen LogP contribution in [0.2, 0.25) is 0 Å². The normalized spacial score (nSPS) is 20.3. The summed E-state index contributed by atoms with van der Waals surface area (Å²) >= 11 is 0.917. The van der Waals surface area contributed by atoms with Gasteiger partial charge in [-0.05, 0) is 19.4 Å². The third-order valence-electron chi connectivity index (χ3n) is 3.34. The van der Waals surface area contributed by atoms with Gasteiger partial charge in [0, 0.05) is 18.0 Å². The van der Waals surface area contributed by atoms with Crippen LogP contribution < -0.4 is 5.32 Å². The van der Waals surface area contributed by atoms with Gasteiger partial charge in [-0.25, -0.2) is 13.2 Å². The Labute approximate surface area is 126 Å². The predicted octanol–water partition coefficient (Wildman–Crippen LogP) is 0.654. The highest BCUT2D eigenvalue weighted by atomic mass is 32.2. The summed E-state index contributed by atoms with van der Waals surface area (Å²) in [5.74, 6) is -1.48. The van der Waals surface area contributed by atoms with E-state index in [0.717, 1.165) is 21.7 Å². The van der Waals surface area contributed by atoms with E-state index in [9.17, 15) is 18.0 Å². The van der Waals surface area contributed by atoms with E-state index >= 15 is 0 Å². The molecular weight excluding hydrogens is 316 g/mol. The number of carboxylic acid groups (broad SMARTS) is 1. The van der Waals surface area contributed by atoms with Gasteiger partial charge in [-0.2, -0.15) is 4.31 Å². The first-order chi connectivity index (χ1) is 9.78. The van der Waals surface area contributed by atoms with Crippen molar-refractivity contribution in [2.24, 2.45) is 0 Å². The average molecular weight is 332 g/mol. The number of sulfonamides is 1. The first-order valence-corrected chi connectivity index (χ1v) is 8.68. The van der Waals surface area contributed by atoms with Gasteiger partial charge in [0.1, 0.15) is 10.9 Å². The third kappa shape index (κ3) is 2.81. The SMILES string of the molecule is CCC1C(=O)NCCN1S(=O)(=O)c1cc(C(=O)O)sc1C. The van der Waals surface area contributed by atoms with Crippen molar-refractivity contribution in [2.75, 3.05) is 13.1 Å². The van der Waals surface area contributed by atoms with Crippen LogP contribution in [0.15, 0.2) is 11.0 Å². The van der Waals surface area contributed by atoms with Crippen molar-refractivity contribution in [3.05, 3.63) is 15.8 Å². The second-order valence-corrected chi connectivity index (χ2v) is 7.78. The largest absolute Gasteiger partial charge is 0.477 e. The molecule has 21 heavy (non-hydrogen) atoms. The summed E-state index contributed by atoms with van der Waals surface area (Å²) in [6.45, 7) is 3.74. The standard InChI is InChI=1S/C12H16N2O5S2/c1-3-8-11(15)13-4-5-14(8)21(18,19)10-6-9(12(16)17)20-7(10)2/h6,8H,3-5H2,1-2H3,(H,13,15)(H,16,17). The highest BCUT2D eigenvalue weighted by Gasteiger charge is 2.38. The van der Waals surface area contributed by atoms with E-state index in [2.05, 4.69) is 5.32 Å². The van der Waals surface area contributed by atoms with Crippen molar-refractivity contribution in [1.82, 2.24) is 9.62 Å². The van der Waals surface area contributed by atoms with Crippen molar-refractivity contribution in [2.45, 2.75) is 31.2 Å². The van der Waals surface area contributed by atoms with E-state index in [1.165, 1.54) is 0 Å². The number of thiophene rings is 1. The zero-order chi connectivity index (χ0) is 15.8. The summed E-state index contributed by atoms with van der Waals surface area (Å²) in [6.07, 6.45) is 0.361. The highest BCUT2D eigenvalue weighted by Crippen LogP contribution is 2.30. The molecule has 1 aromatic heterocycles. The molecule has 1 atom stereocenters. The average Bonchev–Trinajstić information content (AvgIpc) is 2.81. The number of hydrogen-bond acceptors (Lipinski definition) is 5. The number of aryl methyl sites for hydroxylation is 1. The van der Waals surface area contributed by atoms with Gasteiger partial charge >= 0.3 is 5.97 Å². The molecule has 0 spiro atoms. The Balaban J connectivity index is 2.46. The highest BCUT2D eigenvalue weighted by molar-refractivity contribution is 7.89. The molecule has 2 rings (SSSR count). The van der Waals surface area contributed by atoms with Crippen molar-refractivity contribution in [3.8, 4) is 0 Å². The zero-order valence-corrected chi connectivity index (χ0v) is 13.3. The Morgan fingerprint density at radius 2 is 2.24 bits per heavy atom. The van der Waals surface area contributed by atoms with Gasteiger partial charge in [-0.1, -0.05) is 6.92 Å². The van der Waals surface area contributed by atoms with Crippen LogP contribution in [0.4, 0.5) is 0 Å². The van der Waals surface area contributed by atoms with Crippen LogP contribution >= 0.6 is 11.3 Å². The molecule has 1 aliphatic rings. The topological polar surface area (TPSA) is 104 Å². The second kappa shape index (κ2) is 5.74. The molecule has 2 N–H and O–H groups in total. The van der Waals surface area contributed by atoms with Crippen molar-refractivity contribution < 1.29 is 23.1 Å². The van der Waals surface area contributed by atoms with Crippen molar-refractivity contribution in [1.29, 1.82) is 0 Å². The van der Waals surface area contributed by atoms with Gasteiger partial charge in [0.15, 0.2) is 0 Å². The van der Waals surface area contributed by atoms with Crippen molar-refractivity contribution in [3.63, 3.8) is 0 Å². The molecule has 1 unspecified atom stereocenters. The Hall–Kier alpha value is -1.45. The summed E-state index contributed by atoms with van der Waals surface area (Å²) in [5, 5.41) is 11.6. The van der Waals surface area contributed by atoms with Crippen LogP contribution in [-0.4, -0.2) is 48.8 Å². The number of carboxylic acids is 1. The molecule has 1 saturated heterocycles. The lowest BCUT2D eigenvalue weighted by molar-refractivity contribution is -0.126. The number of rotatable bonds is 4. The Bertz CT molecular complexity index is 680. The van der Waals surface area contributed by atoms with Crippen molar-refractivity contribution >= 4 is 33.2 Å². The molecule has 0 aromatic carbocycles. The number of nitrogens with zero attached hydrogens (tertiary/aromatic N) is 1. The Morgan fingerprint density at radius 3 is 2.76 bits per heavy atom. The number of carbonyl (C=O) groups is 2. The van der Waals surface area contributed by atoms with Gasteiger partial charge in [-0.15, -0.1) is 11.3 Å². The second-order valence-electron chi connectivity index (χ2n) is 4.67. The van der Waals surface area contributed by atoms with Crippen LogP contribution in [-0.2, 0) is 14.8 Å². The number of piperazine rings is 1. The van der Waals surface area contributed by atoms with Crippen LogP contribution in [0.25, 0.3) is 0 Å². The fourth-order valence-electron chi connectivity index (χ4n) is 2.32. The zero-order valence-electron chi connectivity index (χ0n) is 11.6. The van der Waals surface area contributed by atoms with Crippen LogP contribution in [0.1, 0.15) is 27.9 Å². The molecular formula is C12H16N2O5S2. The van der Waals surface area contributed by atoms with E-state index < -0.39 is 22.0 Å². The summed E-state index contributed by atoms with van der Waals surface area (Å²) < 4.78 is 26.6.